The highest BCUT2D eigenvalue weighted by Crippen LogP contribution is 2.38. The Hall–Kier alpha value is -3.15. The number of hydrogen-bond acceptors (Lipinski definition) is 4. The molecule has 1 aliphatic heterocycles. The molecule has 1 aromatic carbocycles. The first-order valence-corrected chi connectivity index (χ1v) is 16.1. The van der Waals surface area contributed by atoms with Gasteiger partial charge in [0.1, 0.15) is 5.49 Å². The molecule has 0 spiro atoms. The van der Waals surface area contributed by atoms with E-state index < -0.39 is 0 Å². The summed E-state index contributed by atoms with van der Waals surface area (Å²) >= 11 is 0. The van der Waals surface area contributed by atoms with Gasteiger partial charge in [0.15, 0.2) is 0 Å². The number of carbonyl (C=O) groups excluding carboxylic acids is 1. The second-order valence-electron chi connectivity index (χ2n) is 12.5. The number of aryl methyl sites for hydroxylation is 3. The zero-order valence-corrected chi connectivity index (χ0v) is 25.2. The number of rotatable bonds is 12. The number of amides is 1. The number of hydrogen-bond donors (Lipinski definition) is 1. The maximum Gasteiger partial charge on any atom is 0.222 e. The lowest BCUT2D eigenvalue weighted by Gasteiger charge is -2.41. The van der Waals surface area contributed by atoms with E-state index in [4.69, 9.17) is 10.5 Å². The topological polar surface area (TPSA) is 65.2 Å². The third kappa shape index (κ3) is 7.58. The van der Waals surface area contributed by atoms with Crippen LogP contribution >= 0.6 is 0 Å². The van der Waals surface area contributed by atoms with Crippen molar-refractivity contribution in [3.8, 4) is 0 Å². The van der Waals surface area contributed by atoms with E-state index in [9.17, 15) is 4.79 Å². The first-order chi connectivity index (χ1) is 20.0. The van der Waals surface area contributed by atoms with Crippen LogP contribution < -0.4 is 10.4 Å². The molecule has 1 N–H and O–H groups in total. The van der Waals surface area contributed by atoms with E-state index in [2.05, 4.69) is 78.3 Å². The quantitative estimate of drug-likeness (QED) is 0.297. The van der Waals surface area contributed by atoms with E-state index in [1.54, 1.807) is 0 Å². The third-order valence-electron chi connectivity index (χ3n) is 9.28. The predicted octanol–water partition coefficient (Wildman–Crippen LogP) is 6.69. The summed E-state index contributed by atoms with van der Waals surface area (Å²) in [6, 6.07) is 11.1. The molecule has 2 aliphatic carbocycles. The van der Waals surface area contributed by atoms with Gasteiger partial charge in [-0.1, -0.05) is 75.0 Å². The van der Waals surface area contributed by atoms with E-state index in [-0.39, 0.29) is 0 Å². The molecule has 0 radical (unpaired) electrons. The summed E-state index contributed by atoms with van der Waals surface area (Å²) in [6.45, 7) is 7.77. The molecule has 6 nitrogen and oxygen atoms in total. The molecule has 2 heterocycles. The minimum atomic E-state index is 0.328. The van der Waals surface area contributed by atoms with Gasteiger partial charge >= 0.3 is 0 Å². The molecule has 41 heavy (non-hydrogen) atoms. The SMILES string of the molecule is Cc1cccc(N2CCN(C(=O)CCCCCCCCCCn3nc4c(cc3=N)CCC3C=CC=CC43)CC2C)c1. The average Bonchev–Trinajstić information content (AvgIpc) is 2.98. The molecule has 1 fully saturated rings. The maximum atomic E-state index is 12.8. The summed E-state index contributed by atoms with van der Waals surface area (Å²) in [5.74, 6) is 1.27. The number of nitrogens with zero attached hydrogens (tertiary/aromatic N) is 4. The van der Waals surface area contributed by atoms with Gasteiger partial charge in [-0.15, -0.1) is 0 Å². The number of nitrogens with one attached hydrogen (secondary N) is 1. The van der Waals surface area contributed by atoms with Crippen molar-refractivity contribution in [2.75, 3.05) is 24.5 Å². The Kier molecular flexibility index (Phi) is 10.1. The second kappa shape index (κ2) is 14.2. The van der Waals surface area contributed by atoms with Crippen molar-refractivity contribution in [2.45, 2.75) is 103 Å². The van der Waals surface area contributed by atoms with Gasteiger partial charge in [0, 0.05) is 50.2 Å². The molecule has 6 heteroatoms. The molecule has 2 aromatic rings. The molecule has 5 rings (SSSR count). The van der Waals surface area contributed by atoms with Gasteiger partial charge in [0.25, 0.3) is 0 Å². The lowest BCUT2D eigenvalue weighted by atomic mass is 9.76. The van der Waals surface area contributed by atoms with Crippen molar-refractivity contribution >= 4 is 11.6 Å². The van der Waals surface area contributed by atoms with Gasteiger partial charge < -0.3 is 9.80 Å². The van der Waals surface area contributed by atoms with E-state index in [0.29, 0.717) is 35.7 Å². The number of anilines is 1. The summed E-state index contributed by atoms with van der Waals surface area (Å²) in [5.41, 5.74) is 5.56. The highest BCUT2D eigenvalue weighted by molar-refractivity contribution is 5.76. The summed E-state index contributed by atoms with van der Waals surface area (Å²) in [7, 11) is 0. The Bertz CT molecular complexity index is 1290. The summed E-state index contributed by atoms with van der Waals surface area (Å²) in [5, 5.41) is 13.4. The van der Waals surface area contributed by atoms with Crippen molar-refractivity contribution in [1.82, 2.24) is 14.7 Å². The highest BCUT2D eigenvalue weighted by Gasteiger charge is 2.29. The number of carbonyl (C=O) groups is 1. The molecule has 3 atom stereocenters. The van der Waals surface area contributed by atoms with Crippen LogP contribution in [-0.2, 0) is 17.8 Å². The lowest BCUT2D eigenvalue weighted by molar-refractivity contribution is -0.132. The average molecular weight is 556 g/mol. The highest BCUT2D eigenvalue weighted by atomic mass is 16.2. The summed E-state index contributed by atoms with van der Waals surface area (Å²) in [6.07, 6.45) is 21.2. The number of aromatic nitrogens is 2. The minimum absolute atomic E-state index is 0.328. The number of allylic oxidation sites excluding steroid dienone is 4. The van der Waals surface area contributed by atoms with E-state index in [1.807, 2.05) is 4.68 Å². The summed E-state index contributed by atoms with van der Waals surface area (Å²) < 4.78 is 1.92. The van der Waals surface area contributed by atoms with Crippen molar-refractivity contribution < 1.29 is 4.79 Å². The number of fused-ring (bicyclic) bond motifs is 3. The van der Waals surface area contributed by atoms with Crippen LogP contribution in [0.3, 0.4) is 0 Å². The van der Waals surface area contributed by atoms with Gasteiger partial charge in [-0.3, -0.25) is 10.2 Å². The van der Waals surface area contributed by atoms with Crippen LogP contribution in [0.2, 0.25) is 0 Å². The van der Waals surface area contributed by atoms with Crippen LogP contribution in [0.4, 0.5) is 5.69 Å². The minimum Gasteiger partial charge on any atom is -0.365 e. The maximum absolute atomic E-state index is 12.8. The van der Waals surface area contributed by atoms with Crippen molar-refractivity contribution in [1.29, 1.82) is 5.41 Å². The van der Waals surface area contributed by atoms with E-state index >= 15 is 0 Å². The monoisotopic (exact) mass is 555 g/mol. The van der Waals surface area contributed by atoms with Crippen LogP contribution in [0.1, 0.15) is 93.9 Å². The van der Waals surface area contributed by atoms with Crippen LogP contribution in [0.25, 0.3) is 0 Å². The fourth-order valence-corrected chi connectivity index (χ4v) is 6.89. The zero-order valence-electron chi connectivity index (χ0n) is 25.2. The van der Waals surface area contributed by atoms with Crippen LogP contribution in [-0.4, -0.2) is 46.3 Å². The Morgan fingerprint density at radius 1 is 0.976 bits per heavy atom. The fourth-order valence-electron chi connectivity index (χ4n) is 6.89. The molecule has 3 unspecified atom stereocenters. The fraction of sp³-hybridized carbons (Fsp3) is 0.571. The Morgan fingerprint density at radius 2 is 1.73 bits per heavy atom. The van der Waals surface area contributed by atoms with Crippen LogP contribution in [0.15, 0.2) is 54.6 Å². The smallest absolute Gasteiger partial charge is 0.222 e. The third-order valence-corrected chi connectivity index (χ3v) is 9.28. The number of benzene rings is 1. The molecule has 0 saturated carbocycles. The Labute approximate surface area is 246 Å². The van der Waals surface area contributed by atoms with Crippen molar-refractivity contribution in [2.24, 2.45) is 5.92 Å². The lowest BCUT2D eigenvalue weighted by Crippen LogP contribution is -2.53. The number of unbranched alkanes of at least 4 members (excludes halogenated alkanes) is 7. The van der Waals surface area contributed by atoms with Crippen LogP contribution in [0.5, 0.6) is 0 Å². The zero-order chi connectivity index (χ0) is 28.6. The van der Waals surface area contributed by atoms with Crippen molar-refractivity contribution in [3.05, 3.63) is 76.9 Å². The molecule has 0 bridgehead atoms. The molecular formula is C35H49N5O. The predicted molar refractivity (Wildman–Crippen MR) is 167 cm³/mol. The molecule has 220 valence electrons. The number of piperazine rings is 1. The Balaban J connectivity index is 0.925. The van der Waals surface area contributed by atoms with E-state index in [0.717, 1.165) is 58.3 Å². The first kappa shape index (κ1) is 29.3. The van der Waals surface area contributed by atoms with Crippen molar-refractivity contribution in [3.63, 3.8) is 0 Å². The summed E-state index contributed by atoms with van der Waals surface area (Å²) in [4.78, 5) is 17.3. The normalized spacial score (nSPS) is 21.6. The molecule has 1 aromatic heterocycles. The van der Waals surface area contributed by atoms with Gasteiger partial charge in [-0.25, -0.2) is 4.68 Å². The van der Waals surface area contributed by atoms with Gasteiger partial charge in [0.2, 0.25) is 5.91 Å². The van der Waals surface area contributed by atoms with Gasteiger partial charge in [-0.2, -0.15) is 5.10 Å². The first-order valence-electron chi connectivity index (χ1n) is 16.1. The molecular weight excluding hydrogens is 506 g/mol. The van der Waals surface area contributed by atoms with Gasteiger partial charge in [0.05, 0.1) is 5.69 Å². The molecule has 1 amide bonds. The molecule has 3 aliphatic rings. The standard InChI is InChI=1S/C35H49N5O/c1-27-14-13-16-31(24-27)39-23-22-38(26-28(39)2)34(41)18-9-7-5-3-4-6-8-12-21-40-33(36)25-30-20-19-29-15-10-11-17-32(29)35(30)37-40/h10-11,13-17,24-25,28-29,32,36H,3-9,12,18-23,26H2,1-2H3. The molecule has 1 saturated heterocycles. The Morgan fingerprint density at radius 3 is 2.51 bits per heavy atom. The van der Waals surface area contributed by atoms with Gasteiger partial charge in [-0.05, 0) is 74.8 Å². The van der Waals surface area contributed by atoms with E-state index in [1.165, 1.54) is 54.6 Å². The van der Waals surface area contributed by atoms with Crippen LogP contribution in [0, 0.1) is 18.3 Å². The largest absolute Gasteiger partial charge is 0.365 e. The second-order valence-corrected chi connectivity index (χ2v) is 12.5.